The summed E-state index contributed by atoms with van der Waals surface area (Å²) in [6.07, 6.45) is 6.16. The fourth-order valence-electron chi connectivity index (χ4n) is 2.90. The summed E-state index contributed by atoms with van der Waals surface area (Å²) in [6, 6.07) is 8.33. The number of hydrogen-bond donors (Lipinski definition) is 1. The van der Waals surface area contributed by atoms with Crippen molar-refractivity contribution < 1.29 is 4.74 Å². The van der Waals surface area contributed by atoms with E-state index in [4.69, 9.17) is 10.5 Å². The average Bonchev–Trinajstić information content (AvgIpc) is 2.47. The summed E-state index contributed by atoms with van der Waals surface area (Å²) in [7, 11) is 0. The summed E-state index contributed by atoms with van der Waals surface area (Å²) >= 11 is 3.63. The van der Waals surface area contributed by atoms with Crippen LogP contribution in [0.2, 0.25) is 0 Å². The molecule has 1 aliphatic rings. The smallest absolute Gasteiger partial charge is 0.0990 e. The topological polar surface area (TPSA) is 35.2 Å². The highest BCUT2D eigenvalue weighted by Crippen LogP contribution is 2.34. The van der Waals surface area contributed by atoms with Crippen LogP contribution in [-0.4, -0.2) is 12.1 Å². The van der Waals surface area contributed by atoms with Gasteiger partial charge in [0, 0.05) is 10.5 Å². The summed E-state index contributed by atoms with van der Waals surface area (Å²) in [5, 5.41) is 0. The first-order valence-corrected chi connectivity index (χ1v) is 8.56. The molecule has 0 heterocycles. The third kappa shape index (κ3) is 4.06. The van der Waals surface area contributed by atoms with Gasteiger partial charge in [-0.25, -0.2) is 0 Å². The number of benzene rings is 1. The molecule has 0 radical (unpaired) electrons. The van der Waals surface area contributed by atoms with E-state index in [0.29, 0.717) is 6.10 Å². The summed E-state index contributed by atoms with van der Waals surface area (Å²) in [5.41, 5.74) is 7.50. The average molecular weight is 340 g/mol. The van der Waals surface area contributed by atoms with Crippen molar-refractivity contribution in [3.05, 3.63) is 34.3 Å². The van der Waals surface area contributed by atoms with Crippen molar-refractivity contribution in [2.24, 2.45) is 11.7 Å². The van der Waals surface area contributed by atoms with E-state index in [1.807, 2.05) is 6.07 Å². The molecule has 0 bridgehead atoms. The second-order valence-electron chi connectivity index (χ2n) is 6.03. The molecular formula is C17H26BrNO. The van der Waals surface area contributed by atoms with E-state index in [9.17, 15) is 0 Å². The molecule has 20 heavy (non-hydrogen) atoms. The maximum atomic E-state index is 6.40. The van der Waals surface area contributed by atoms with Gasteiger partial charge in [0.2, 0.25) is 0 Å². The Balaban J connectivity index is 2.10. The van der Waals surface area contributed by atoms with Crippen LogP contribution in [0.5, 0.6) is 0 Å². The minimum atomic E-state index is -0.00557. The number of halogens is 1. The van der Waals surface area contributed by atoms with Crippen LogP contribution in [0.25, 0.3) is 0 Å². The normalized spacial score (nSPS) is 26.2. The Bertz CT molecular complexity index is 415. The molecule has 1 saturated carbocycles. The van der Waals surface area contributed by atoms with Crippen LogP contribution in [0.3, 0.4) is 0 Å². The largest absolute Gasteiger partial charge is 0.369 e. The van der Waals surface area contributed by atoms with Crippen LogP contribution < -0.4 is 5.73 Å². The first-order chi connectivity index (χ1) is 9.61. The first kappa shape index (κ1) is 16.0. The molecule has 0 aromatic heterocycles. The lowest BCUT2D eigenvalue weighted by molar-refractivity contribution is -0.0491. The van der Waals surface area contributed by atoms with Gasteiger partial charge in [0.05, 0.1) is 12.2 Å². The molecular weight excluding hydrogens is 314 g/mol. The molecule has 1 fully saturated rings. The third-order valence-corrected chi connectivity index (χ3v) is 5.10. The van der Waals surface area contributed by atoms with E-state index in [0.717, 1.165) is 16.8 Å². The van der Waals surface area contributed by atoms with Crippen molar-refractivity contribution in [3.8, 4) is 0 Å². The molecule has 1 aliphatic carbocycles. The first-order valence-electron chi connectivity index (χ1n) is 7.77. The van der Waals surface area contributed by atoms with Crippen molar-refractivity contribution in [1.82, 2.24) is 0 Å². The van der Waals surface area contributed by atoms with E-state index in [1.165, 1.54) is 31.2 Å². The molecule has 0 spiro atoms. The Labute approximate surface area is 131 Å². The van der Waals surface area contributed by atoms with Crippen molar-refractivity contribution >= 4 is 15.9 Å². The number of nitrogens with two attached hydrogens (primary N) is 1. The highest BCUT2D eigenvalue weighted by molar-refractivity contribution is 9.10. The molecule has 2 rings (SSSR count). The molecule has 1 aromatic rings. The zero-order valence-corrected chi connectivity index (χ0v) is 14.1. The van der Waals surface area contributed by atoms with Crippen LogP contribution in [0, 0.1) is 5.92 Å². The third-order valence-electron chi connectivity index (χ3n) is 4.37. The van der Waals surface area contributed by atoms with Gasteiger partial charge in [0.15, 0.2) is 0 Å². The lowest BCUT2D eigenvalue weighted by Gasteiger charge is -2.33. The molecule has 112 valence electrons. The maximum Gasteiger partial charge on any atom is 0.0990 e. The minimum absolute atomic E-state index is 0.00557. The van der Waals surface area contributed by atoms with Crippen LogP contribution >= 0.6 is 15.9 Å². The van der Waals surface area contributed by atoms with Crippen molar-refractivity contribution in [2.45, 2.75) is 64.2 Å². The quantitative estimate of drug-likeness (QED) is 0.834. The predicted molar refractivity (Wildman–Crippen MR) is 87.7 cm³/mol. The number of hydrogen-bond acceptors (Lipinski definition) is 2. The van der Waals surface area contributed by atoms with E-state index in [2.05, 4.69) is 48.0 Å². The van der Waals surface area contributed by atoms with Crippen LogP contribution in [0.1, 0.15) is 57.6 Å². The SMILES string of the molecule is CCC(N)C(OC1CCC(C)CC1)c1ccccc1Br. The molecule has 2 nitrogen and oxygen atoms in total. The predicted octanol–water partition coefficient (Wildman–Crippen LogP) is 4.82. The molecule has 3 heteroatoms. The Kier molecular flexibility index (Phi) is 6.06. The van der Waals surface area contributed by atoms with Crippen LogP contribution in [0.4, 0.5) is 0 Å². The van der Waals surface area contributed by atoms with Gasteiger partial charge in [-0.2, -0.15) is 0 Å². The zero-order chi connectivity index (χ0) is 14.5. The van der Waals surface area contributed by atoms with Gasteiger partial charge in [0.25, 0.3) is 0 Å². The molecule has 2 atom stereocenters. The zero-order valence-electron chi connectivity index (χ0n) is 12.5. The highest BCUT2D eigenvalue weighted by Gasteiger charge is 2.27. The molecule has 1 aromatic carbocycles. The van der Waals surface area contributed by atoms with Crippen LogP contribution in [0.15, 0.2) is 28.7 Å². The molecule has 0 amide bonds. The summed E-state index contributed by atoms with van der Waals surface area (Å²) in [6.45, 7) is 4.46. The van der Waals surface area contributed by atoms with E-state index in [-0.39, 0.29) is 12.1 Å². The van der Waals surface area contributed by atoms with E-state index >= 15 is 0 Å². The molecule has 2 unspecified atom stereocenters. The Hall–Kier alpha value is -0.380. The van der Waals surface area contributed by atoms with Gasteiger partial charge in [0.1, 0.15) is 0 Å². The van der Waals surface area contributed by atoms with Gasteiger partial charge < -0.3 is 10.5 Å². The standard InChI is InChI=1S/C17H26BrNO/c1-3-16(19)17(14-6-4-5-7-15(14)18)20-13-10-8-12(2)9-11-13/h4-7,12-13,16-17H,3,8-11,19H2,1-2H3. The maximum absolute atomic E-state index is 6.40. The molecule has 2 N–H and O–H groups in total. The lowest BCUT2D eigenvalue weighted by atomic mass is 9.88. The highest BCUT2D eigenvalue weighted by atomic mass is 79.9. The summed E-state index contributed by atoms with van der Waals surface area (Å²) in [4.78, 5) is 0. The molecule has 0 aliphatic heterocycles. The Morgan fingerprint density at radius 2 is 1.90 bits per heavy atom. The number of rotatable bonds is 5. The van der Waals surface area contributed by atoms with Gasteiger partial charge in [-0.15, -0.1) is 0 Å². The van der Waals surface area contributed by atoms with E-state index in [1.54, 1.807) is 0 Å². The summed E-state index contributed by atoms with van der Waals surface area (Å²) in [5.74, 6) is 0.844. The molecule has 0 saturated heterocycles. The number of ether oxygens (including phenoxy) is 1. The van der Waals surface area contributed by atoms with Gasteiger partial charge in [-0.3, -0.25) is 0 Å². The van der Waals surface area contributed by atoms with Crippen molar-refractivity contribution in [2.75, 3.05) is 0 Å². The second kappa shape index (κ2) is 7.58. The van der Waals surface area contributed by atoms with Crippen molar-refractivity contribution in [3.63, 3.8) is 0 Å². The second-order valence-corrected chi connectivity index (χ2v) is 6.89. The van der Waals surface area contributed by atoms with Crippen LogP contribution in [-0.2, 0) is 4.74 Å². The fraction of sp³-hybridized carbons (Fsp3) is 0.647. The lowest BCUT2D eigenvalue weighted by Crippen LogP contribution is -2.34. The van der Waals surface area contributed by atoms with Crippen molar-refractivity contribution in [1.29, 1.82) is 0 Å². The van der Waals surface area contributed by atoms with Gasteiger partial charge in [-0.05, 0) is 49.7 Å². The Morgan fingerprint density at radius 1 is 1.25 bits per heavy atom. The minimum Gasteiger partial charge on any atom is -0.369 e. The fourth-order valence-corrected chi connectivity index (χ4v) is 3.41. The Morgan fingerprint density at radius 3 is 2.50 bits per heavy atom. The van der Waals surface area contributed by atoms with E-state index < -0.39 is 0 Å². The summed E-state index contributed by atoms with van der Waals surface area (Å²) < 4.78 is 7.50. The van der Waals surface area contributed by atoms with Gasteiger partial charge >= 0.3 is 0 Å². The van der Waals surface area contributed by atoms with Gasteiger partial charge in [-0.1, -0.05) is 48.0 Å². The monoisotopic (exact) mass is 339 g/mol.